The summed E-state index contributed by atoms with van der Waals surface area (Å²) in [4.78, 5) is 19.3. The normalized spacial score (nSPS) is 16.6. The minimum absolute atomic E-state index is 0.0304. The molecule has 0 radical (unpaired) electrons. The third kappa shape index (κ3) is 4.32. The lowest BCUT2D eigenvalue weighted by Crippen LogP contribution is -2.43. The fraction of sp³-hybridized carbons (Fsp3) is 0.304. The number of rotatable bonds is 5. The van der Waals surface area contributed by atoms with E-state index < -0.39 is 0 Å². The van der Waals surface area contributed by atoms with E-state index in [4.69, 9.17) is 13.9 Å². The SMILES string of the molecule is COc1cccc(-c2nc(CC(=O)N3CCOC(c4ccccc4)C3)c(C)o2)c1. The van der Waals surface area contributed by atoms with E-state index in [0.717, 1.165) is 16.9 Å². The molecule has 0 N–H and O–H groups in total. The molecule has 0 bridgehead atoms. The zero-order valence-electron chi connectivity index (χ0n) is 16.6. The first-order valence-corrected chi connectivity index (χ1v) is 9.69. The van der Waals surface area contributed by atoms with Gasteiger partial charge in [0.05, 0.1) is 32.4 Å². The van der Waals surface area contributed by atoms with E-state index in [0.29, 0.717) is 37.0 Å². The Labute approximate surface area is 170 Å². The molecule has 2 heterocycles. The Hall–Kier alpha value is -3.12. The Morgan fingerprint density at radius 3 is 2.83 bits per heavy atom. The molecule has 1 unspecified atom stereocenters. The molecule has 1 fully saturated rings. The molecule has 1 amide bonds. The van der Waals surface area contributed by atoms with E-state index in [1.807, 2.05) is 66.4 Å². The molecule has 4 rings (SSSR count). The van der Waals surface area contributed by atoms with Gasteiger partial charge in [-0.1, -0.05) is 36.4 Å². The van der Waals surface area contributed by atoms with Crippen LogP contribution >= 0.6 is 0 Å². The number of morpholine rings is 1. The van der Waals surface area contributed by atoms with E-state index in [1.54, 1.807) is 7.11 Å². The van der Waals surface area contributed by atoms with Crippen LogP contribution in [-0.2, 0) is 16.0 Å². The molecule has 1 saturated heterocycles. The molecule has 2 aromatic carbocycles. The number of methoxy groups -OCH3 is 1. The maximum atomic E-state index is 12.9. The molecule has 6 nitrogen and oxygen atoms in total. The zero-order chi connectivity index (χ0) is 20.2. The first-order valence-electron chi connectivity index (χ1n) is 9.69. The van der Waals surface area contributed by atoms with Crippen LogP contribution in [0, 0.1) is 6.92 Å². The summed E-state index contributed by atoms with van der Waals surface area (Å²) in [7, 11) is 1.62. The lowest BCUT2D eigenvalue weighted by atomic mass is 10.1. The van der Waals surface area contributed by atoms with Crippen LogP contribution in [0.4, 0.5) is 0 Å². The van der Waals surface area contributed by atoms with Crippen LogP contribution in [0.1, 0.15) is 23.1 Å². The minimum Gasteiger partial charge on any atom is -0.497 e. The molecule has 1 aliphatic heterocycles. The van der Waals surface area contributed by atoms with E-state index in [1.165, 1.54) is 0 Å². The number of carbonyl (C=O) groups excluding carboxylic acids is 1. The second kappa shape index (κ2) is 8.49. The molecule has 1 aromatic heterocycles. The highest BCUT2D eigenvalue weighted by Crippen LogP contribution is 2.26. The van der Waals surface area contributed by atoms with Gasteiger partial charge in [0.25, 0.3) is 0 Å². The highest BCUT2D eigenvalue weighted by Gasteiger charge is 2.26. The largest absolute Gasteiger partial charge is 0.497 e. The maximum absolute atomic E-state index is 12.9. The second-order valence-corrected chi connectivity index (χ2v) is 7.04. The number of hydrogen-bond donors (Lipinski definition) is 0. The number of aromatic nitrogens is 1. The molecule has 0 aliphatic carbocycles. The summed E-state index contributed by atoms with van der Waals surface area (Å²) in [6.45, 7) is 3.49. The Morgan fingerprint density at radius 2 is 2.03 bits per heavy atom. The van der Waals surface area contributed by atoms with Crippen molar-refractivity contribution in [1.82, 2.24) is 9.88 Å². The summed E-state index contributed by atoms with van der Waals surface area (Å²) in [5.74, 6) is 1.91. The molecule has 1 aliphatic rings. The van der Waals surface area contributed by atoms with E-state index in [-0.39, 0.29) is 18.4 Å². The van der Waals surface area contributed by atoms with Gasteiger partial charge < -0.3 is 18.8 Å². The van der Waals surface area contributed by atoms with Gasteiger partial charge >= 0.3 is 0 Å². The third-order valence-electron chi connectivity index (χ3n) is 5.12. The van der Waals surface area contributed by atoms with Gasteiger partial charge in [-0.2, -0.15) is 0 Å². The molecular weight excluding hydrogens is 368 g/mol. The highest BCUT2D eigenvalue weighted by atomic mass is 16.5. The first-order chi connectivity index (χ1) is 14.1. The van der Waals surface area contributed by atoms with Gasteiger partial charge in [-0.15, -0.1) is 0 Å². The van der Waals surface area contributed by atoms with Gasteiger partial charge in [0.15, 0.2) is 0 Å². The fourth-order valence-corrected chi connectivity index (χ4v) is 3.47. The molecule has 29 heavy (non-hydrogen) atoms. The van der Waals surface area contributed by atoms with Gasteiger partial charge in [0, 0.05) is 12.1 Å². The summed E-state index contributed by atoms with van der Waals surface area (Å²) in [6.07, 6.45) is 0.112. The van der Waals surface area contributed by atoms with Gasteiger partial charge in [0.2, 0.25) is 11.8 Å². The predicted octanol–water partition coefficient (Wildman–Crippen LogP) is 3.80. The molecular formula is C23H24N2O4. The van der Waals surface area contributed by atoms with E-state index in [9.17, 15) is 4.79 Å². The van der Waals surface area contributed by atoms with Crippen LogP contribution in [-0.4, -0.2) is 42.6 Å². The quantitative estimate of drug-likeness (QED) is 0.661. The fourth-order valence-electron chi connectivity index (χ4n) is 3.47. The lowest BCUT2D eigenvalue weighted by molar-refractivity contribution is -0.138. The van der Waals surface area contributed by atoms with Crippen molar-refractivity contribution in [2.24, 2.45) is 0 Å². The van der Waals surface area contributed by atoms with Gasteiger partial charge in [0.1, 0.15) is 17.6 Å². The van der Waals surface area contributed by atoms with Crippen molar-refractivity contribution >= 4 is 5.91 Å². The maximum Gasteiger partial charge on any atom is 0.228 e. The Morgan fingerprint density at radius 1 is 1.21 bits per heavy atom. The van der Waals surface area contributed by atoms with Crippen LogP contribution in [0.5, 0.6) is 5.75 Å². The summed E-state index contributed by atoms with van der Waals surface area (Å²) in [5.41, 5.74) is 2.57. The number of aryl methyl sites for hydroxylation is 1. The van der Waals surface area contributed by atoms with Crippen LogP contribution in [0.25, 0.3) is 11.5 Å². The van der Waals surface area contributed by atoms with Gasteiger partial charge in [-0.3, -0.25) is 4.79 Å². The van der Waals surface area contributed by atoms with E-state index in [2.05, 4.69) is 4.98 Å². The number of nitrogens with zero attached hydrogens (tertiary/aromatic N) is 2. The van der Waals surface area contributed by atoms with Crippen molar-refractivity contribution in [3.05, 3.63) is 71.6 Å². The monoisotopic (exact) mass is 392 g/mol. The summed E-state index contributed by atoms with van der Waals surface area (Å²) in [5, 5.41) is 0. The van der Waals surface area contributed by atoms with Crippen molar-refractivity contribution in [2.45, 2.75) is 19.4 Å². The summed E-state index contributed by atoms with van der Waals surface area (Å²) < 4.78 is 16.9. The number of hydrogen-bond acceptors (Lipinski definition) is 5. The second-order valence-electron chi connectivity index (χ2n) is 7.04. The number of oxazole rings is 1. The van der Waals surface area contributed by atoms with Crippen LogP contribution in [0.15, 0.2) is 59.0 Å². The molecule has 150 valence electrons. The molecule has 1 atom stereocenters. The highest BCUT2D eigenvalue weighted by molar-refractivity contribution is 5.79. The van der Waals surface area contributed by atoms with Crippen molar-refractivity contribution in [3.63, 3.8) is 0 Å². The van der Waals surface area contributed by atoms with Crippen molar-refractivity contribution in [2.75, 3.05) is 26.8 Å². The Bertz CT molecular complexity index is 984. The minimum atomic E-state index is -0.0975. The van der Waals surface area contributed by atoms with Crippen molar-refractivity contribution in [1.29, 1.82) is 0 Å². The summed E-state index contributed by atoms with van der Waals surface area (Å²) in [6, 6.07) is 17.5. The van der Waals surface area contributed by atoms with E-state index >= 15 is 0 Å². The number of benzene rings is 2. The standard InChI is InChI=1S/C23H24N2O4/c1-16-20(24-23(29-16)18-9-6-10-19(13-18)27-2)14-22(26)25-11-12-28-21(15-25)17-7-4-3-5-8-17/h3-10,13,21H,11-12,14-15H2,1-2H3. The van der Waals surface area contributed by atoms with Crippen molar-refractivity contribution in [3.8, 4) is 17.2 Å². The van der Waals surface area contributed by atoms with Crippen molar-refractivity contribution < 1.29 is 18.7 Å². The average Bonchev–Trinajstić information content (AvgIpc) is 3.14. The molecule has 0 spiro atoms. The van der Waals surface area contributed by atoms with Crippen LogP contribution in [0.2, 0.25) is 0 Å². The molecule has 0 saturated carbocycles. The lowest BCUT2D eigenvalue weighted by Gasteiger charge is -2.33. The zero-order valence-corrected chi connectivity index (χ0v) is 16.6. The number of carbonyl (C=O) groups is 1. The van der Waals surface area contributed by atoms with Gasteiger partial charge in [-0.05, 0) is 30.7 Å². The van der Waals surface area contributed by atoms with Crippen LogP contribution in [0.3, 0.4) is 0 Å². The summed E-state index contributed by atoms with van der Waals surface area (Å²) >= 11 is 0. The van der Waals surface area contributed by atoms with Crippen LogP contribution < -0.4 is 4.74 Å². The topological polar surface area (TPSA) is 64.8 Å². The number of amides is 1. The molecule has 3 aromatic rings. The Kier molecular flexibility index (Phi) is 5.62. The number of ether oxygens (including phenoxy) is 2. The third-order valence-corrected chi connectivity index (χ3v) is 5.12. The predicted molar refractivity (Wildman–Crippen MR) is 109 cm³/mol. The van der Waals surface area contributed by atoms with Gasteiger partial charge in [-0.25, -0.2) is 4.98 Å². The average molecular weight is 392 g/mol. The Balaban J connectivity index is 1.46. The first kappa shape index (κ1) is 19.2. The smallest absolute Gasteiger partial charge is 0.228 e. The molecule has 6 heteroatoms.